The highest BCUT2D eigenvalue weighted by Crippen LogP contribution is 2.28. The summed E-state index contributed by atoms with van der Waals surface area (Å²) in [6.07, 6.45) is 3.16. The molecule has 3 N–H and O–H groups in total. The van der Waals surface area contributed by atoms with Gasteiger partial charge in [0.2, 0.25) is 5.91 Å². The Morgan fingerprint density at radius 1 is 1.28 bits per heavy atom. The molecule has 1 atom stereocenters. The number of halogens is 3. The third kappa shape index (κ3) is 5.38. The summed E-state index contributed by atoms with van der Waals surface area (Å²) >= 11 is 6.29. The fourth-order valence-electron chi connectivity index (χ4n) is 3.31. The van der Waals surface area contributed by atoms with Crippen LogP contribution in [0, 0.1) is 0 Å². The lowest BCUT2D eigenvalue weighted by molar-refractivity contribution is -0.130. The molecule has 5 nitrogen and oxygen atoms in total. The van der Waals surface area contributed by atoms with Crippen LogP contribution >= 0.6 is 36.4 Å². The Morgan fingerprint density at radius 3 is 2.64 bits per heavy atom. The summed E-state index contributed by atoms with van der Waals surface area (Å²) in [4.78, 5) is 14.8. The quantitative estimate of drug-likeness (QED) is 0.804. The van der Waals surface area contributed by atoms with E-state index in [1.807, 2.05) is 24.3 Å². The first kappa shape index (κ1) is 22.3. The number of nitrogens with one attached hydrogen (secondary N) is 1. The van der Waals surface area contributed by atoms with E-state index in [2.05, 4.69) is 10.2 Å². The average Bonchev–Trinajstić information content (AvgIpc) is 2.56. The van der Waals surface area contributed by atoms with Crippen molar-refractivity contribution in [3.05, 3.63) is 29.3 Å². The third-order valence-corrected chi connectivity index (χ3v) is 5.11. The van der Waals surface area contributed by atoms with Crippen LogP contribution in [0.3, 0.4) is 0 Å². The predicted molar refractivity (Wildman–Crippen MR) is 106 cm³/mol. The number of para-hydroxylation sites is 1. The van der Waals surface area contributed by atoms with Crippen molar-refractivity contribution in [2.24, 2.45) is 5.73 Å². The van der Waals surface area contributed by atoms with Gasteiger partial charge in [0, 0.05) is 32.3 Å². The number of hydrogen-bond acceptors (Lipinski definition) is 4. The number of rotatable bonds is 3. The van der Waals surface area contributed by atoms with Crippen molar-refractivity contribution < 1.29 is 9.53 Å². The van der Waals surface area contributed by atoms with Gasteiger partial charge in [-0.3, -0.25) is 4.79 Å². The van der Waals surface area contributed by atoms with Gasteiger partial charge in [-0.15, -0.1) is 24.8 Å². The SMILES string of the molecule is Cl.Cl.NC1(C(=O)NC2CCCN(c3ccccc3Cl)C2)CCOCC1. The van der Waals surface area contributed by atoms with E-state index in [1.165, 1.54) is 0 Å². The zero-order chi connectivity index (χ0) is 16.3. The minimum absolute atomic E-state index is 0. The molecule has 1 aromatic carbocycles. The number of amides is 1. The van der Waals surface area contributed by atoms with Crippen molar-refractivity contribution in [1.82, 2.24) is 5.32 Å². The van der Waals surface area contributed by atoms with Crippen LogP contribution in [0.15, 0.2) is 24.3 Å². The molecule has 0 radical (unpaired) electrons. The fraction of sp³-hybridized carbons (Fsp3) is 0.588. The molecule has 2 saturated heterocycles. The lowest BCUT2D eigenvalue weighted by Crippen LogP contribution is -2.60. The van der Waals surface area contributed by atoms with Gasteiger partial charge in [0.05, 0.1) is 16.2 Å². The zero-order valence-corrected chi connectivity index (χ0v) is 16.5. The van der Waals surface area contributed by atoms with Crippen LogP contribution < -0.4 is 16.0 Å². The summed E-state index contributed by atoms with van der Waals surface area (Å²) in [6.45, 7) is 2.83. The first-order valence-electron chi connectivity index (χ1n) is 8.25. The maximum atomic E-state index is 12.6. The topological polar surface area (TPSA) is 67.6 Å². The van der Waals surface area contributed by atoms with E-state index < -0.39 is 5.54 Å². The predicted octanol–water partition coefficient (Wildman–Crippen LogP) is 2.78. The van der Waals surface area contributed by atoms with Crippen LogP contribution in [-0.4, -0.2) is 43.8 Å². The normalized spacial score (nSPS) is 22.3. The number of nitrogens with zero attached hydrogens (tertiary/aromatic N) is 1. The summed E-state index contributed by atoms with van der Waals surface area (Å²) in [5.41, 5.74) is 6.51. The van der Waals surface area contributed by atoms with Crippen LogP contribution in [0.2, 0.25) is 5.02 Å². The minimum atomic E-state index is -0.787. The molecule has 25 heavy (non-hydrogen) atoms. The minimum Gasteiger partial charge on any atom is -0.381 e. The molecule has 2 aliphatic rings. The second kappa shape index (κ2) is 9.83. The Hall–Kier alpha value is -0.720. The molecule has 0 bridgehead atoms. The molecule has 0 aromatic heterocycles. The summed E-state index contributed by atoms with van der Waals surface area (Å²) in [7, 11) is 0. The van der Waals surface area contributed by atoms with Gasteiger partial charge in [-0.2, -0.15) is 0 Å². The van der Waals surface area contributed by atoms with Gasteiger partial charge in [0.15, 0.2) is 0 Å². The van der Waals surface area contributed by atoms with Crippen LogP contribution in [0.25, 0.3) is 0 Å². The van der Waals surface area contributed by atoms with E-state index >= 15 is 0 Å². The number of piperidine rings is 1. The number of carbonyl (C=O) groups is 1. The Morgan fingerprint density at radius 2 is 1.96 bits per heavy atom. The van der Waals surface area contributed by atoms with E-state index in [9.17, 15) is 4.79 Å². The molecule has 0 saturated carbocycles. The van der Waals surface area contributed by atoms with Crippen molar-refractivity contribution in [2.45, 2.75) is 37.3 Å². The Labute approximate surface area is 166 Å². The van der Waals surface area contributed by atoms with Gasteiger partial charge in [0.25, 0.3) is 0 Å². The van der Waals surface area contributed by atoms with E-state index in [-0.39, 0.29) is 36.8 Å². The largest absolute Gasteiger partial charge is 0.381 e. The third-order valence-electron chi connectivity index (χ3n) is 4.79. The van der Waals surface area contributed by atoms with E-state index in [1.54, 1.807) is 0 Å². The molecule has 2 heterocycles. The number of anilines is 1. The molecule has 3 rings (SSSR count). The fourth-order valence-corrected chi connectivity index (χ4v) is 3.57. The van der Waals surface area contributed by atoms with E-state index in [4.69, 9.17) is 22.1 Å². The summed E-state index contributed by atoms with van der Waals surface area (Å²) in [5.74, 6) is -0.0493. The molecular formula is C17H26Cl3N3O2. The number of ether oxygens (including phenoxy) is 1. The van der Waals surface area contributed by atoms with Crippen molar-refractivity contribution in [1.29, 1.82) is 0 Å². The number of benzene rings is 1. The standard InChI is InChI=1S/C17H24ClN3O2.2ClH/c18-14-5-1-2-6-15(14)21-9-3-4-13(12-21)20-16(22)17(19)7-10-23-11-8-17;;/h1-2,5-6,13H,3-4,7-12,19H2,(H,20,22);2*1H. The van der Waals surface area contributed by atoms with Gasteiger partial charge >= 0.3 is 0 Å². The number of hydrogen-bond donors (Lipinski definition) is 2. The molecule has 2 aliphatic heterocycles. The highest BCUT2D eigenvalue weighted by Gasteiger charge is 2.37. The lowest BCUT2D eigenvalue weighted by atomic mass is 9.89. The van der Waals surface area contributed by atoms with Crippen LogP contribution in [-0.2, 0) is 9.53 Å². The first-order valence-corrected chi connectivity index (χ1v) is 8.63. The van der Waals surface area contributed by atoms with Crippen LogP contribution in [0.1, 0.15) is 25.7 Å². The Bertz CT molecular complexity index is 568. The van der Waals surface area contributed by atoms with Gasteiger partial charge in [-0.25, -0.2) is 0 Å². The average molecular weight is 411 g/mol. The zero-order valence-electron chi connectivity index (χ0n) is 14.1. The second-order valence-electron chi connectivity index (χ2n) is 6.48. The van der Waals surface area contributed by atoms with E-state index in [0.717, 1.165) is 36.6 Å². The van der Waals surface area contributed by atoms with Gasteiger partial charge in [-0.05, 0) is 37.8 Å². The summed E-state index contributed by atoms with van der Waals surface area (Å²) in [6, 6.07) is 7.94. The number of nitrogens with two attached hydrogens (primary N) is 1. The van der Waals surface area contributed by atoms with Gasteiger partial charge in [-0.1, -0.05) is 23.7 Å². The Balaban J connectivity index is 0.00000156. The molecule has 142 valence electrons. The molecule has 2 fully saturated rings. The molecule has 0 aliphatic carbocycles. The van der Waals surface area contributed by atoms with Crippen LogP contribution in [0.5, 0.6) is 0 Å². The van der Waals surface area contributed by atoms with Gasteiger partial charge in [0.1, 0.15) is 0 Å². The summed E-state index contributed by atoms with van der Waals surface area (Å²) in [5, 5.41) is 3.89. The van der Waals surface area contributed by atoms with Crippen molar-refractivity contribution in [3.63, 3.8) is 0 Å². The lowest BCUT2D eigenvalue weighted by Gasteiger charge is -2.38. The van der Waals surface area contributed by atoms with Crippen molar-refractivity contribution in [2.75, 3.05) is 31.2 Å². The highest BCUT2D eigenvalue weighted by atomic mass is 35.5. The van der Waals surface area contributed by atoms with Crippen molar-refractivity contribution in [3.8, 4) is 0 Å². The molecule has 1 aromatic rings. The molecule has 0 spiro atoms. The maximum Gasteiger partial charge on any atom is 0.240 e. The smallest absolute Gasteiger partial charge is 0.240 e. The maximum absolute atomic E-state index is 12.6. The molecule has 8 heteroatoms. The molecular weight excluding hydrogens is 385 g/mol. The number of carbonyl (C=O) groups excluding carboxylic acids is 1. The van der Waals surface area contributed by atoms with Gasteiger partial charge < -0.3 is 20.7 Å². The molecule has 1 amide bonds. The first-order chi connectivity index (χ1) is 11.1. The second-order valence-corrected chi connectivity index (χ2v) is 6.89. The van der Waals surface area contributed by atoms with E-state index in [0.29, 0.717) is 26.1 Å². The molecule has 1 unspecified atom stereocenters. The van der Waals surface area contributed by atoms with Crippen molar-refractivity contribution >= 4 is 48.0 Å². The van der Waals surface area contributed by atoms with Crippen LogP contribution in [0.4, 0.5) is 5.69 Å². The monoisotopic (exact) mass is 409 g/mol. The highest BCUT2D eigenvalue weighted by molar-refractivity contribution is 6.33. The summed E-state index contributed by atoms with van der Waals surface area (Å²) < 4.78 is 5.31. The Kier molecular flexibility index (Phi) is 8.78.